The van der Waals surface area contributed by atoms with E-state index in [4.69, 9.17) is 4.74 Å². The van der Waals surface area contributed by atoms with Crippen LogP contribution in [0.2, 0.25) is 0 Å². The Kier molecular flexibility index (Phi) is 4.44. The van der Waals surface area contributed by atoms with E-state index in [1.165, 1.54) is 0 Å². The predicted octanol–water partition coefficient (Wildman–Crippen LogP) is 1.10. The van der Waals surface area contributed by atoms with E-state index in [0.717, 1.165) is 23.3 Å². The molecule has 2 N–H and O–H groups in total. The zero-order valence-electron chi connectivity index (χ0n) is 14.8. The normalized spacial score (nSPS) is 21.2. The molecule has 26 heavy (non-hydrogen) atoms. The summed E-state index contributed by atoms with van der Waals surface area (Å²) in [5, 5.41) is 3.00. The number of ether oxygens (including phenoxy) is 1. The van der Waals surface area contributed by atoms with E-state index in [-0.39, 0.29) is 18.1 Å². The maximum Gasteiger partial charge on any atom is 0.251 e. The molecule has 0 aliphatic carbocycles. The van der Waals surface area contributed by atoms with Gasteiger partial charge in [-0.2, -0.15) is 0 Å². The van der Waals surface area contributed by atoms with E-state index in [9.17, 15) is 4.79 Å². The molecule has 3 aromatic rings. The van der Waals surface area contributed by atoms with Gasteiger partial charge in [0.05, 0.1) is 48.1 Å². The summed E-state index contributed by atoms with van der Waals surface area (Å²) in [6, 6.07) is 5.48. The summed E-state index contributed by atoms with van der Waals surface area (Å²) in [4.78, 5) is 26.2. The average molecular weight is 354 g/mol. The van der Waals surface area contributed by atoms with Crippen LogP contribution >= 0.6 is 0 Å². The number of carbonyl (C=O) groups excluding carboxylic acids is 1. The fourth-order valence-electron chi connectivity index (χ4n) is 3.47. The summed E-state index contributed by atoms with van der Waals surface area (Å²) in [6.07, 6.45) is 5.13. The second-order valence-electron chi connectivity index (χ2n) is 6.61. The number of likely N-dealkylation sites (N-methyl/N-ethyl adjacent to an activating group) is 1. The van der Waals surface area contributed by atoms with Crippen molar-refractivity contribution in [1.29, 1.82) is 0 Å². The highest BCUT2D eigenvalue weighted by Gasteiger charge is 2.33. The third-order valence-electron chi connectivity index (χ3n) is 4.91. The third kappa shape index (κ3) is 3.09. The van der Waals surface area contributed by atoms with Crippen molar-refractivity contribution in [3.8, 4) is 0 Å². The Balaban J connectivity index is 1.48. The highest BCUT2D eigenvalue weighted by Crippen LogP contribution is 2.27. The van der Waals surface area contributed by atoms with Crippen molar-refractivity contribution in [3.05, 3.63) is 48.3 Å². The molecule has 1 fully saturated rings. The molecular weight excluding hydrogens is 332 g/mol. The Hall–Kier alpha value is -2.71. The molecule has 1 saturated heterocycles. The maximum absolute atomic E-state index is 12.6. The lowest BCUT2D eigenvalue weighted by Gasteiger charge is -2.39. The first kappa shape index (κ1) is 16.7. The van der Waals surface area contributed by atoms with Crippen LogP contribution in [-0.4, -0.2) is 63.2 Å². The first-order valence-corrected chi connectivity index (χ1v) is 8.63. The van der Waals surface area contributed by atoms with E-state index in [2.05, 4.69) is 32.2 Å². The van der Waals surface area contributed by atoms with Crippen molar-refractivity contribution in [1.82, 2.24) is 29.7 Å². The average Bonchev–Trinajstić information content (AvgIpc) is 3.27. The van der Waals surface area contributed by atoms with Gasteiger partial charge in [-0.15, -0.1) is 0 Å². The molecule has 0 bridgehead atoms. The SMILES string of the molecule is CN1CCO[C@@H](CNC(=O)c2ccc3nc[nH]c3c2)[C@@H]1c1cncn1C. The minimum Gasteiger partial charge on any atom is -0.373 e. The van der Waals surface area contributed by atoms with E-state index in [1.807, 2.05) is 29.9 Å². The van der Waals surface area contributed by atoms with E-state index >= 15 is 0 Å². The van der Waals surface area contributed by atoms with Gasteiger partial charge in [-0.1, -0.05) is 0 Å². The number of benzene rings is 1. The molecule has 136 valence electrons. The summed E-state index contributed by atoms with van der Waals surface area (Å²) in [6.45, 7) is 1.92. The Morgan fingerprint density at radius 1 is 1.42 bits per heavy atom. The molecule has 0 spiro atoms. The molecule has 0 saturated carbocycles. The van der Waals surface area contributed by atoms with Crippen LogP contribution in [0.4, 0.5) is 0 Å². The monoisotopic (exact) mass is 354 g/mol. The lowest BCUT2D eigenvalue weighted by Crippen LogP contribution is -2.48. The lowest BCUT2D eigenvalue weighted by atomic mass is 10.0. The molecule has 0 radical (unpaired) electrons. The van der Waals surface area contributed by atoms with Crippen molar-refractivity contribution in [2.24, 2.45) is 7.05 Å². The number of aryl methyl sites for hydroxylation is 1. The number of carbonyl (C=O) groups is 1. The molecular formula is C18H22N6O2. The van der Waals surface area contributed by atoms with Crippen LogP contribution in [0.5, 0.6) is 0 Å². The van der Waals surface area contributed by atoms with Gasteiger partial charge in [0.2, 0.25) is 0 Å². The minimum absolute atomic E-state index is 0.0478. The van der Waals surface area contributed by atoms with E-state index in [0.29, 0.717) is 18.7 Å². The second kappa shape index (κ2) is 6.89. The number of hydrogen-bond acceptors (Lipinski definition) is 5. The maximum atomic E-state index is 12.6. The molecule has 1 aliphatic heterocycles. The standard InChI is InChI=1S/C18H22N6O2/c1-23-5-6-26-16(17(23)15-8-19-11-24(15)2)9-20-18(25)12-3-4-13-14(7-12)22-10-21-13/h3-4,7-8,10-11,16-17H,5-6,9H2,1-2H3,(H,20,25)(H,21,22)/t16-,17-/m0/s1. The number of nitrogens with one attached hydrogen (secondary N) is 2. The number of rotatable bonds is 4. The van der Waals surface area contributed by atoms with Crippen molar-refractivity contribution in [2.45, 2.75) is 12.1 Å². The zero-order valence-corrected chi connectivity index (χ0v) is 14.8. The quantitative estimate of drug-likeness (QED) is 0.732. The van der Waals surface area contributed by atoms with Gasteiger partial charge in [0.1, 0.15) is 0 Å². The number of hydrogen-bond donors (Lipinski definition) is 2. The number of fused-ring (bicyclic) bond motifs is 1. The van der Waals surface area contributed by atoms with Gasteiger partial charge in [-0.3, -0.25) is 9.69 Å². The third-order valence-corrected chi connectivity index (χ3v) is 4.91. The topological polar surface area (TPSA) is 88.1 Å². The van der Waals surface area contributed by atoms with Crippen LogP contribution in [0.25, 0.3) is 11.0 Å². The Morgan fingerprint density at radius 3 is 3.12 bits per heavy atom. The molecule has 1 aliphatic rings. The lowest BCUT2D eigenvalue weighted by molar-refractivity contribution is -0.0626. The Labute approximate surface area is 151 Å². The highest BCUT2D eigenvalue weighted by atomic mass is 16.5. The second-order valence-corrected chi connectivity index (χ2v) is 6.61. The number of imidazole rings is 2. The van der Waals surface area contributed by atoms with Crippen molar-refractivity contribution < 1.29 is 9.53 Å². The number of H-pyrrole nitrogens is 1. The van der Waals surface area contributed by atoms with Crippen molar-refractivity contribution in [3.63, 3.8) is 0 Å². The molecule has 1 aromatic carbocycles. The first-order valence-electron chi connectivity index (χ1n) is 8.63. The van der Waals surface area contributed by atoms with Crippen LogP contribution in [0.15, 0.2) is 37.1 Å². The number of morpholine rings is 1. The van der Waals surface area contributed by atoms with Crippen LogP contribution in [0.1, 0.15) is 22.1 Å². The van der Waals surface area contributed by atoms with Gasteiger partial charge >= 0.3 is 0 Å². The summed E-state index contributed by atoms with van der Waals surface area (Å²) >= 11 is 0. The molecule has 8 heteroatoms. The van der Waals surface area contributed by atoms with Gasteiger partial charge in [0.15, 0.2) is 0 Å². The van der Waals surface area contributed by atoms with Crippen LogP contribution in [0, 0.1) is 0 Å². The first-order chi connectivity index (χ1) is 12.6. The molecule has 3 heterocycles. The summed E-state index contributed by atoms with van der Waals surface area (Å²) < 4.78 is 7.97. The van der Waals surface area contributed by atoms with E-state index < -0.39 is 0 Å². The van der Waals surface area contributed by atoms with Crippen molar-refractivity contribution in [2.75, 3.05) is 26.7 Å². The van der Waals surface area contributed by atoms with Crippen LogP contribution in [0.3, 0.4) is 0 Å². The Morgan fingerprint density at radius 2 is 2.31 bits per heavy atom. The number of aromatic amines is 1. The van der Waals surface area contributed by atoms with E-state index in [1.54, 1.807) is 18.7 Å². The zero-order chi connectivity index (χ0) is 18.1. The van der Waals surface area contributed by atoms with Gasteiger partial charge in [-0.05, 0) is 25.2 Å². The van der Waals surface area contributed by atoms with Crippen LogP contribution in [-0.2, 0) is 11.8 Å². The van der Waals surface area contributed by atoms with Crippen molar-refractivity contribution >= 4 is 16.9 Å². The highest BCUT2D eigenvalue weighted by molar-refractivity contribution is 5.97. The molecule has 0 unspecified atom stereocenters. The molecule has 8 nitrogen and oxygen atoms in total. The summed E-state index contributed by atoms with van der Waals surface area (Å²) in [5.74, 6) is -0.123. The largest absolute Gasteiger partial charge is 0.373 e. The van der Waals surface area contributed by atoms with Gasteiger partial charge in [0.25, 0.3) is 5.91 Å². The number of aromatic nitrogens is 4. The number of amides is 1. The fourth-order valence-corrected chi connectivity index (χ4v) is 3.47. The molecule has 2 atom stereocenters. The van der Waals surface area contributed by atoms with Gasteiger partial charge in [0, 0.05) is 31.9 Å². The minimum atomic E-state index is -0.135. The van der Waals surface area contributed by atoms with Gasteiger partial charge < -0.3 is 19.6 Å². The molecule has 2 aromatic heterocycles. The molecule has 4 rings (SSSR count). The smallest absolute Gasteiger partial charge is 0.251 e. The fraction of sp³-hybridized carbons (Fsp3) is 0.389. The Bertz CT molecular complexity index is 917. The predicted molar refractivity (Wildman–Crippen MR) is 96.7 cm³/mol. The summed E-state index contributed by atoms with van der Waals surface area (Å²) in [7, 11) is 4.04. The number of nitrogens with zero attached hydrogens (tertiary/aromatic N) is 4. The molecule has 1 amide bonds. The van der Waals surface area contributed by atoms with Crippen LogP contribution < -0.4 is 5.32 Å². The summed E-state index contributed by atoms with van der Waals surface area (Å²) in [5.41, 5.74) is 3.36. The van der Waals surface area contributed by atoms with Gasteiger partial charge in [-0.25, -0.2) is 9.97 Å².